The van der Waals surface area contributed by atoms with Crippen LogP contribution < -0.4 is 15.4 Å². The molecule has 2 N–H and O–H groups in total. The Balaban J connectivity index is 1.21. The molecule has 0 saturated carbocycles. The van der Waals surface area contributed by atoms with Crippen molar-refractivity contribution in [2.45, 2.75) is 44.7 Å². The number of hydrogen-bond donors (Lipinski definition) is 2. The number of hydrogen-bond acceptors (Lipinski definition) is 10. The van der Waals surface area contributed by atoms with Crippen molar-refractivity contribution in [2.75, 3.05) is 40.4 Å². The molecule has 52 heavy (non-hydrogen) atoms. The van der Waals surface area contributed by atoms with Crippen LogP contribution in [0.25, 0.3) is 22.4 Å². The number of aromatic nitrogens is 3. The van der Waals surface area contributed by atoms with E-state index in [2.05, 4.69) is 38.3 Å². The number of ether oxygens (including phenoxy) is 2. The number of likely N-dealkylation sites (tertiary alicyclic amines) is 1. The van der Waals surface area contributed by atoms with Gasteiger partial charge in [0.15, 0.2) is 0 Å². The summed E-state index contributed by atoms with van der Waals surface area (Å²) < 4.78 is 11.3. The van der Waals surface area contributed by atoms with Gasteiger partial charge in [0.2, 0.25) is 17.7 Å². The Bertz CT molecular complexity index is 1990. The lowest BCUT2D eigenvalue weighted by molar-refractivity contribution is -0.119. The zero-order valence-corrected chi connectivity index (χ0v) is 31.0. The molecule has 1 unspecified atom stereocenters. The Kier molecular flexibility index (Phi) is 12.3. The van der Waals surface area contributed by atoms with Gasteiger partial charge in [0.05, 0.1) is 41.9 Å². The maximum Gasteiger partial charge on any atom is 0.237 e. The Hall–Kier alpha value is -4.68. The minimum absolute atomic E-state index is 0.0708. The summed E-state index contributed by atoms with van der Waals surface area (Å²) in [4.78, 5) is 36.7. The van der Waals surface area contributed by atoms with Crippen molar-refractivity contribution < 1.29 is 14.3 Å². The monoisotopic (exact) mass is 740 g/mol. The minimum atomic E-state index is 0.0708. The number of methoxy groups -OCH3 is 2. The van der Waals surface area contributed by atoms with E-state index in [1.807, 2.05) is 55.6 Å². The quantitative estimate of drug-likeness (QED) is 0.108. The van der Waals surface area contributed by atoms with E-state index >= 15 is 0 Å². The first-order chi connectivity index (χ1) is 25.3. The highest BCUT2D eigenvalue weighted by Crippen LogP contribution is 2.40. The molecule has 6 rings (SSSR count). The van der Waals surface area contributed by atoms with Gasteiger partial charge in [-0.25, -0.2) is 9.98 Å². The van der Waals surface area contributed by atoms with Crippen molar-refractivity contribution in [3.05, 3.63) is 106 Å². The van der Waals surface area contributed by atoms with Gasteiger partial charge in [-0.2, -0.15) is 0 Å². The fourth-order valence-corrected chi connectivity index (χ4v) is 7.36. The zero-order valence-electron chi connectivity index (χ0n) is 29.5. The molecule has 0 radical (unpaired) electrons. The smallest absolute Gasteiger partial charge is 0.237 e. The molecule has 2 atom stereocenters. The third kappa shape index (κ3) is 8.50. The molecular formula is C39H42Cl2N8O3. The predicted octanol–water partition coefficient (Wildman–Crippen LogP) is 6.70. The molecule has 0 spiro atoms. The van der Waals surface area contributed by atoms with E-state index in [9.17, 15) is 4.79 Å². The zero-order chi connectivity index (χ0) is 36.6. The van der Waals surface area contributed by atoms with E-state index < -0.39 is 0 Å². The molecule has 270 valence electrons. The first-order valence-electron chi connectivity index (χ1n) is 17.2. The number of aliphatic imine (C=N–C) groups is 2. The van der Waals surface area contributed by atoms with E-state index in [0.29, 0.717) is 82.0 Å². The molecular weight excluding hydrogens is 699 g/mol. The summed E-state index contributed by atoms with van der Waals surface area (Å²) >= 11 is 14.2. The molecule has 2 aliphatic rings. The molecule has 2 saturated heterocycles. The number of halogens is 2. The second-order valence-corrected chi connectivity index (χ2v) is 13.6. The molecule has 2 aromatic carbocycles. The summed E-state index contributed by atoms with van der Waals surface area (Å²) in [5.41, 5.74) is 6.66. The topological polar surface area (TPSA) is 126 Å². The van der Waals surface area contributed by atoms with E-state index in [4.69, 9.17) is 47.6 Å². The largest absolute Gasteiger partial charge is 0.480 e. The number of carbonyl (C=O) groups excluding carboxylic acids is 1. The fraction of sp³-hybridized carbons (Fsp3) is 0.333. The molecule has 0 aliphatic carbocycles. The Morgan fingerprint density at radius 2 is 1.85 bits per heavy atom. The van der Waals surface area contributed by atoms with Crippen LogP contribution >= 0.6 is 23.2 Å². The van der Waals surface area contributed by atoms with Crippen LogP contribution in [0.1, 0.15) is 48.9 Å². The van der Waals surface area contributed by atoms with Gasteiger partial charge >= 0.3 is 0 Å². The van der Waals surface area contributed by atoms with Crippen LogP contribution in [0.3, 0.4) is 0 Å². The average Bonchev–Trinajstić information content (AvgIpc) is 3.82. The summed E-state index contributed by atoms with van der Waals surface area (Å²) in [6.45, 7) is 9.05. The summed E-state index contributed by atoms with van der Waals surface area (Å²) in [7, 11) is 3.15. The Morgan fingerprint density at radius 1 is 1.06 bits per heavy atom. The van der Waals surface area contributed by atoms with Crippen molar-refractivity contribution in [2.24, 2.45) is 9.98 Å². The third-order valence-electron chi connectivity index (χ3n) is 9.43. The number of carbonyl (C=O) groups is 1. The molecule has 0 bridgehead atoms. The molecule has 4 heterocycles. The van der Waals surface area contributed by atoms with Crippen LogP contribution in [-0.2, 0) is 16.1 Å². The number of amides is 1. The molecule has 2 aliphatic heterocycles. The van der Waals surface area contributed by atoms with E-state index in [-0.39, 0.29) is 11.9 Å². The van der Waals surface area contributed by atoms with Gasteiger partial charge in [0, 0.05) is 73.3 Å². The number of nitrogens with one attached hydrogen (secondary N) is 2. The maximum atomic E-state index is 11.5. The number of pyridine rings is 1. The van der Waals surface area contributed by atoms with Crippen LogP contribution in [-0.4, -0.2) is 84.6 Å². The Labute approximate surface area is 314 Å². The highest BCUT2D eigenvalue weighted by Gasteiger charge is 2.26. The van der Waals surface area contributed by atoms with Gasteiger partial charge in [-0.1, -0.05) is 65.7 Å². The molecule has 2 aromatic heterocycles. The van der Waals surface area contributed by atoms with Crippen molar-refractivity contribution in [3.8, 4) is 28.3 Å². The predicted molar refractivity (Wildman–Crippen MR) is 206 cm³/mol. The lowest BCUT2D eigenvalue weighted by Gasteiger charge is -2.18. The normalized spacial score (nSPS) is 18.2. The van der Waals surface area contributed by atoms with Gasteiger partial charge in [-0.15, -0.1) is 0 Å². The standard InChI is InChI=1S/C39H42Cl2N8O3/c1-24(46-38(51-3)33(42-2)20-44-19-27-13-14-35(50)47-27)28-9-5-10-29(36(28)40)30-11-6-12-31(37(30)41)32-21-45-34(39(48-32)52-4)23-49-17-15-26(22-49)25-8-7-16-43-18-25/h5-12,16,18,21,26-27,44H,2,13-15,17,19-20,22-23H2,1,3-4H3,(H,47,50)/b38-33+,46-24+/t26?,27-/m0/s1. The minimum Gasteiger partial charge on any atom is -0.480 e. The van der Waals surface area contributed by atoms with E-state index in [1.54, 1.807) is 19.5 Å². The van der Waals surface area contributed by atoms with Gasteiger partial charge in [0.25, 0.3) is 0 Å². The van der Waals surface area contributed by atoms with Gasteiger partial charge in [-0.3, -0.25) is 24.7 Å². The number of benzene rings is 2. The van der Waals surface area contributed by atoms with Crippen molar-refractivity contribution in [1.82, 2.24) is 30.5 Å². The highest BCUT2D eigenvalue weighted by molar-refractivity contribution is 6.39. The molecule has 11 nitrogen and oxygen atoms in total. The molecule has 13 heteroatoms. The number of rotatable bonds is 14. The lowest BCUT2D eigenvalue weighted by atomic mass is 9.98. The second kappa shape index (κ2) is 17.2. The average molecular weight is 742 g/mol. The first-order valence-corrected chi connectivity index (χ1v) is 17.9. The third-order valence-corrected chi connectivity index (χ3v) is 10.2. The van der Waals surface area contributed by atoms with Crippen LogP contribution in [0.15, 0.2) is 88.7 Å². The molecule has 1 amide bonds. The van der Waals surface area contributed by atoms with Crippen LogP contribution in [0.5, 0.6) is 5.88 Å². The SMILES string of the molecule is C=N/C(CNC[C@@H]1CCC(=O)N1)=C(\N=C(/C)c1cccc(-c2cccc(-c3cnc(CN4CCC(c5cccnc5)C4)c(OC)n3)c2Cl)c1Cl)OC. The van der Waals surface area contributed by atoms with E-state index in [0.717, 1.165) is 42.8 Å². The summed E-state index contributed by atoms with van der Waals surface area (Å²) in [5, 5.41) is 7.22. The van der Waals surface area contributed by atoms with Crippen molar-refractivity contribution in [1.29, 1.82) is 0 Å². The lowest BCUT2D eigenvalue weighted by Crippen LogP contribution is -2.36. The van der Waals surface area contributed by atoms with E-state index in [1.165, 1.54) is 12.7 Å². The maximum absolute atomic E-state index is 11.5. The van der Waals surface area contributed by atoms with Crippen LogP contribution in [0.2, 0.25) is 10.0 Å². The van der Waals surface area contributed by atoms with Gasteiger partial charge < -0.3 is 20.1 Å². The Morgan fingerprint density at radius 3 is 2.56 bits per heavy atom. The first kappa shape index (κ1) is 37.1. The molecule has 4 aromatic rings. The van der Waals surface area contributed by atoms with Gasteiger partial charge in [-0.05, 0) is 50.6 Å². The van der Waals surface area contributed by atoms with Crippen LogP contribution in [0, 0.1) is 0 Å². The van der Waals surface area contributed by atoms with Gasteiger partial charge in [0.1, 0.15) is 11.4 Å². The summed E-state index contributed by atoms with van der Waals surface area (Å²) in [6.07, 6.45) is 7.90. The number of nitrogens with zero attached hydrogens (tertiary/aromatic N) is 6. The fourth-order valence-electron chi connectivity index (χ4n) is 6.67. The second-order valence-electron chi connectivity index (χ2n) is 12.8. The van der Waals surface area contributed by atoms with Crippen molar-refractivity contribution >= 4 is 41.5 Å². The summed E-state index contributed by atoms with van der Waals surface area (Å²) in [5.74, 6) is 1.29. The summed E-state index contributed by atoms with van der Waals surface area (Å²) in [6, 6.07) is 15.7. The molecule has 2 fully saturated rings. The van der Waals surface area contributed by atoms with Crippen LogP contribution in [0.4, 0.5) is 0 Å². The van der Waals surface area contributed by atoms with Crippen molar-refractivity contribution in [3.63, 3.8) is 0 Å². The highest BCUT2D eigenvalue weighted by atomic mass is 35.5.